The van der Waals surface area contributed by atoms with Crippen LogP contribution in [0.2, 0.25) is 0 Å². The predicted octanol–water partition coefficient (Wildman–Crippen LogP) is 12.5. The highest BCUT2D eigenvalue weighted by Gasteiger charge is 2.25. The second-order valence-electron chi connectivity index (χ2n) is 14.8. The number of benzene rings is 6. The molecular formula is C45H42N2. The highest BCUT2D eigenvalue weighted by molar-refractivity contribution is 6.18. The van der Waals surface area contributed by atoms with Crippen molar-refractivity contribution in [2.75, 3.05) is 0 Å². The van der Waals surface area contributed by atoms with Crippen LogP contribution in [0.5, 0.6) is 0 Å². The van der Waals surface area contributed by atoms with Gasteiger partial charge in [0, 0.05) is 32.9 Å². The third kappa shape index (κ3) is 4.61. The molecule has 2 heterocycles. The molecule has 0 aliphatic heterocycles. The molecule has 0 aliphatic carbocycles. The first-order valence-electron chi connectivity index (χ1n) is 18.9. The van der Waals surface area contributed by atoms with E-state index in [2.05, 4.69) is 143 Å². The summed E-state index contributed by atoms with van der Waals surface area (Å²) in [5.74, 6) is 0. The lowest BCUT2D eigenvalue weighted by Gasteiger charge is -2.27. The molecule has 6 aromatic carbocycles. The predicted molar refractivity (Wildman–Crippen MR) is 203 cm³/mol. The van der Waals surface area contributed by atoms with Gasteiger partial charge in [-0.2, -0.15) is 0 Å². The minimum atomic E-state index is -0.396. The van der Waals surface area contributed by atoms with Crippen LogP contribution in [-0.2, 0) is 10.8 Å². The van der Waals surface area contributed by atoms with Gasteiger partial charge in [0.05, 0.1) is 28.9 Å². The van der Waals surface area contributed by atoms with Crippen molar-refractivity contribution in [1.82, 2.24) is 9.13 Å². The van der Waals surface area contributed by atoms with Crippen LogP contribution in [0.15, 0.2) is 127 Å². The minimum Gasteiger partial charge on any atom is -0.309 e. The molecule has 0 saturated heterocycles. The van der Waals surface area contributed by atoms with E-state index in [0.29, 0.717) is 5.56 Å². The fraction of sp³-hybridized carbons (Fsp3) is 0.200. The van der Waals surface area contributed by atoms with Crippen molar-refractivity contribution in [2.24, 2.45) is 0 Å². The van der Waals surface area contributed by atoms with E-state index in [1.165, 1.54) is 21.9 Å². The normalized spacial score (nSPS) is 14.1. The number of nitrogens with zero attached hydrogens (tertiary/aromatic N) is 2. The summed E-state index contributed by atoms with van der Waals surface area (Å²) in [7, 11) is 0. The lowest BCUT2D eigenvalue weighted by atomic mass is 9.80. The molecule has 0 saturated carbocycles. The molecule has 8 rings (SSSR count). The van der Waals surface area contributed by atoms with Crippen LogP contribution in [0.4, 0.5) is 0 Å². The van der Waals surface area contributed by atoms with E-state index < -0.39 is 6.04 Å². The Bertz CT molecular complexity index is 2660. The van der Waals surface area contributed by atoms with Crippen LogP contribution in [0.3, 0.4) is 0 Å². The fourth-order valence-electron chi connectivity index (χ4n) is 7.21. The van der Waals surface area contributed by atoms with Gasteiger partial charge in [0.2, 0.25) is 0 Å². The van der Waals surface area contributed by atoms with E-state index in [1.54, 1.807) is 0 Å². The van der Waals surface area contributed by atoms with Crippen molar-refractivity contribution in [3.05, 3.63) is 144 Å². The molecule has 8 aromatic rings. The first-order chi connectivity index (χ1) is 24.6. The van der Waals surface area contributed by atoms with Gasteiger partial charge in [-0.15, -0.1) is 0 Å². The summed E-state index contributed by atoms with van der Waals surface area (Å²) in [5.41, 5.74) is 10.3. The van der Waals surface area contributed by atoms with E-state index in [9.17, 15) is 0 Å². The molecule has 0 amide bonds. The van der Waals surface area contributed by atoms with Gasteiger partial charge in [0.25, 0.3) is 0 Å². The van der Waals surface area contributed by atoms with Crippen molar-refractivity contribution >= 4 is 43.6 Å². The quantitative estimate of drug-likeness (QED) is 0.187. The third-order valence-corrected chi connectivity index (χ3v) is 9.69. The summed E-state index contributed by atoms with van der Waals surface area (Å²) in [6.07, 6.45) is 0. The molecule has 232 valence electrons. The highest BCUT2D eigenvalue weighted by atomic mass is 15.0. The smallest absolute Gasteiger partial charge is 0.0629 e. The van der Waals surface area contributed by atoms with Crippen LogP contribution >= 0.6 is 0 Å². The summed E-state index contributed by atoms with van der Waals surface area (Å²) in [6.45, 7) is 15.6. The Morgan fingerprint density at radius 2 is 1.09 bits per heavy atom. The van der Waals surface area contributed by atoms with Crippen LogP contribution in [-0.4, -0.2) is 9.13 Å². The minimum absolute atomic E-state index is 0.104. The Hall–Kier alpha value is -5.08. The van der Waals surface area contributed by atoms with Gasteiger partial charge in [-0.25, -0.2) is 0 Å². The van der Waals surface area contributed by atoms with Gasteiger partial charge in [-0.05, 0) is 88.0 Å². The zero-order valence-corrected chi connectivity index (χ0v) is 28.1. The molecule has 0 bridgehead atoms. The molecule has 0 unspecified atom stereocenters. The third-order valence-electron chi connectivity index (χ3n) is 9.69. The van der Waals surface area contributed by atoms with Crippen molar-refractivity contribution in [2.45, 2.75) is 59.3 Å². The number of para-hydroxylation sites is 2. The molecule has 47 heavy (non-hydrogen) atoms. The van der Waals surface area contributed by atoms with E-state index in [1.807, 2.05) is 12.1 Å². The molecular weight excluding hydrogens is 569 g/mol. The lowest BCUT2D eigenvalue weighted by molar-refractivity contribution is 0.568. The molecule has 2 heteroatoms. The molecule has 2 nitrogen and oxygen atoms in total. The largest absolute Gasteiger partial charge is 0.309 e. The summed E-state index contributed by atoms with van der Waals surface area (Å²) in [4.78, 5) is 0. The van der Waals surface area contributed by atoms with Crippen molar-refractivity contribution in [3.63, 3.8) is 0 Å². The second-order valence-corrected chi connectivity index (χ2v) is 14.8. The SMILES string of the molecule is [2H]c1c([2H])c([2H])c(-c2cccc3c2c2c(C)c(-n4c5ccccc5c5ccccc54)ccc2n3-c2cc(C(C)(C)C)cc(C(C)(C)C)c2)c([2H])c1[2H]. The van der Waals surface area contributed by atoms with Gasteiger partial charge in [-0.1, -0.05) is 126 Å². The number of aryl methyl sites for hydroxylation is 1. The van der Waals surface area contributed by atoms with Crippen LogP contribution < -0.4 is 0 Å². The summed E-state index contributed by atoms with van der Waals surface area (Å²) < 4.78 is 48.1. The van der Waals surface area contributed by atoms with Crippen LogP contribution in [0.1, 0.15) is 65.1 Å². The molecule has 0 N–H and O–H groups in total. The Morgan fingerprint density at radius 3 is 1.68 bits per heavy atom. The summed E-state index contributed by atoms with van der Waals surface area (Å²) >= 11 is 0. The Morgan fingerprint density at radius 1 is 0.532 bits per heavy atom. The van der Waals surface area contributed by atoms with Gasteiger partial charge >= 0.3 is 0 Å². The van der Waals surface area contributed by atoms with Crippen molar-refractivity contribution in [3.8, 4) is 22.5 Å². The maximum absolute atomic E-state index is 9.03. The zero-order chi connectivity index (χ0) is 37.0. The molecule has 0 spiro atoms. The number of rotatable bonds is 3. The number of fused-ring (bicyclic) bond motifs is 6. The lowest BCUT2D eigenvalue weighted by Crippen LogP contribution is -2.17. The topological polar surface area (TPSA) is 9.86 Å². The number of hydrogen-bond acceptors (Lipinski definition) is 0. The summed E-state index contributed by atoms with van der Waals surface area (Å²) in [5, 5.41) is 4.19. The van der Waals surface area contributed by atoms with Crippen LogP contribution in [0.25, 0.3) is 66.1 Å². The van der Waals surface area contributed by atoms with E-state index in [0.717, 1.165) is 49.8 Å². The monoisotopic (exact) mass is 615 g/mol. The average Bonchev–Trinajstić information content (AvgIpc) is 3.63. The second kappa shape index (κ2) is 10.5. The van der Waals surface area contributed by atoms with Crippen molar-refractivity contribution in [1.29, 1.82) is 0 Å². The summed E-state index contributed by atoms with van der Waals surface area (Å²) in [6, 6.07) is 32.7. The first kappa shape index (κ1) is 24.1. The van der Waals surface area contributed by atoms with E-state index in [-0.39, 0.29) is 40.6 Å². The molecule has 0 radical (unpaired) electrons. The Labute approximate surface area is 284 Å². The molecule has 0 fully saturated rings. The van der Waals surface area contributed by atoms with E-state index >= 15 is 0 Å². The fourth-order valence-corrected chi connectivity index (χ4v) is 7.21. The Kier molecular flexibility index (Phi) is 5.38. The van der Waals surface area contributed by atoms with Crippen LogP contribution in [0, 0.1) is 6.92 Å². The Balaban J connectivity index is 1.57. The molecule has 0 atom stereocenters. The van der Waals surface area contributed by atoms with Gasteiger partial charge in [-0.3, -0.25) is 0 Å². The van der Waals surface area contributed by atoms with Gasteiger partial charge in [0.15, 0.2) is 0 Å². The number of hydrogen-bond donors (Lipinski definition) is 0. The van der Waals surface area contributed by atoms with Crippen molar-refractivity contribution < 1.29 is 6.85 Å². The standard InChI is InChI=1S/C45H42N2/c1-29-37(47-38-21-13-11-18-35(38)36-19-12-14-22-39(36)47)24-25-41-42(29)43-34(30-16-9-8-10-17-30)20-15-23-40(43)46(41)33-27-31(44(2,3)4)26-32(28-33)45(5,6)7/h8-28H,1-7H3/i8D,9D,10D,16D,17D. The van der Waals surface area contributed by atoms with Gasteiger partial charge < -0.3 is 9.13 Å². The van der Waals surface area contributed by atoms with E-state index in [4.69, 9.17) is 6.85 Å². The maximum Gasteiger partial charge on any atom is 0.0629 e. The maximum atomic E-state index is 9.03. The van der Waals surface area contributed by atoms with Gasteiger partial charge in [0.1, 0.15) is 0 Å². The molecule has 2 aromatic heterocycles. The highest BCUT2D eigenvalue weighted by Crippen LogP contribution is 2.44. The zero-order valence-electron chi connectivity index (χ0n) is 33.1. The number of aromatic nitrogens is 2. The first-order valence-corrected chi connectivity index (χ1v) is 16.4. The average molecular weight is 616 g/mol. The molecule has 0 aliphatic rings.